The Morgan fingerprint density at radius 3 is 2.88 bits per heavy atom. The minimum atomic E-state index is -0.0140. The molecular weight excluding hydrogens is 216 g/mol. The molecule has 0 bridgehead atoms. The van der Waals surface area contributed by atoms with Crippen LogP contribution in [0.3, 0.4) is 0 Å². The standard InChI is InChI=1S/C12H18N4O/c1-9(13)10-3-4-14-11(7-10)16-6-5-15(2)12(17)8-16/h3-4,7,9H,5-6,8,13H2,1-2H3/t9-/m0/s1. The summed E-state index contributed by atoms with van der Waals surface area (Å²) in [4.78, 5) is 19.7. The normalized spacial score (nSPS) is 18.4. The molecule has 1 aromatic heterocycles. The van der Waals surface area contributed by atoms with Crippen LogP contribution in [0.4, 0.5) is 5.82 Å². The average Bonchev–Trinajstić information content (AvgIpc) is 2.33. The van der Waals surface area contributed by atoms with E-state index in [0.29, 0.717) is 6.54 Å². The maximum absolute atomic E-state index is 11.6. The summed E-state index contributed by atoms with van der Waals surface area (Å²) in [5.74, 6) is 0.963. The van der Waals surface area contributed by atoms with E-state index in [-0.39, 0.29) is 11.9 Å². The van der Waals surface area contributed by atoms with Gasteiger partial charge >= 0.3 is 0 Å². The van der Waals surface area contributed by atoms with Crippen LogP contribution in [0.15, 0.2) is 18.3 Å². The number of amides is 1. The molecule has 0 aromatic carbocycles. The van der Waals surface area contributed by atoms with E-state index in [1.807, 2.05) is 31.0 Å². The van der Waals surface area contributed by atoms with E-state index < -0.39 is 0 Å². The number of aromatic nitrogens is 1. The summed E-state index contributed by atoms with van der Waals surface area (Å²) in [5.41, 5.74) is 6.88. The Kier molecular flexibility index (Phi) is 3.28. The summed E-state index contributed by atoms with van der Waals surface area (Å²) in [5, 5.41) is 0. The lowest BCUT2D eigenvalue weighted by Crippen LogP contribution is -2.48. The van der Waals surface area contributed by atoms with Crippen molar-refractivity contribution < 1.29 is 4.79 Å². The highest BCUT2D eigenvalue weighted by atomic mass is 16.2. The van der Waals surface area contributed by atoms with Crippen LogP contribution in [0.5, 0.6) is 0 Å². The van der Waals surface area contributed by atoms with E-state index in [9.17, 15) is 4.79 Å². The monoisotopic (exact) mass is 234 g/mol. The SMILES string of the molecule is C[C@H](N)c1ccnc(N2CCN(C)C(=O)C2)c1. The lowest BCUT2D eigenvalue weighted by molar-refractivity contribution is -0.129. The Bertz CT molecular complexity index is 419. The fourth-order valence-electron chi connectivity index (χ4n) is 1.84. The minimum Gasteiger partial charge on any atom is -0.346 e. The van der Waals surface area contributed by atoms with Gasteiger partial charge in [0.05, 0.1) is 6.54 Å². The zero-order valence-electron chi connectivity index (χ0n) is 10.3. The number of nitrogens with zero attached hydrogens (tertiary/aromatic N) is 3. The van der Waals surface area contributed by atoms with Crippen molar-refractivity contribution in [2.24, 2.45) is 5.73 Å². The van der Waals surface area contributed by atoms with Crippen LogP contribution in [0, 0.1) is 0 Å². The molecule has 1 aliphatic rings. The largest absolute Gasteiger partial charge is 0.346 e. The smallest absolute Gasteiger partial charge is 0.241 e. The minimum absolute atomic E-state index is 0.0140. The predicted octanol–water partition coefficient (Wildman–Crippen LogP) is 0.380. The van der Waals surface area contributed by atoms with Crippen LogP contribution >= 0.6 is 0 Å². The number of anilines is 1. The van der Waals surface area contributed by atoms with Gasteiger partial charge in [0.15, 0.2) is 0 Å². The molecule has 1 saturated heterocycles. The van der Waals surface area contributed by atoms with Crippen molar-refractivity contribution in [1.82, 2.24) is 9.88 Å². The van der Waals surface area contributed by atoms with Gasteiger partial charge in [-0.25, -0.2) is 4.98 Å². The van der Waals surface area contributed by atoms with Gasteiger partial charge in [0.1, 0.15) is 5.82 Å². The number of piperazine rings is 1. The third-order valence-corrected chi connectivity index (χ3v) is 3.08. The van der Waals surface area contributed by atoms with Crippen molar-refractivity contribution in [3.63, 3.8) is 0 Å². The second-order valence-electron chi connectivity index (χ2n) is 4.47. The summed E-state index contributed by atoms with van der Waals surface area (Å²) in [6.45, 7) is 3.89. The van der Waals surface area contributed by atoms with E-state index in [0.717, 1.165) is 24.5 Å². The molecule has 1 fully saturated rings. The molecule has 2 N–H and O–H groups in total. The highest BCUT2D eigenvalue weighted by Gasteiger charge is 2.22. The molecule has 5 nitrogen and oxygen atoms in total. The molecular formula is C12H18N4O. The first kappa shape index (κ1) is 11.9. The first-order valence-electron chi connectivity index (χ1n) is 5.78. The van der Waals surface area contributed by atoms with E-state index in [1.54, 1.807) is 11.1 Å². The first-order chi connectivity index (χ1) is 8.08. The number of rotatable bonds is 2. The Labute approximate surface area is 101 Å². The van der Waals surface area contributed by atoms with Gasteiger partial charge in [0.2, 0.25) is 5.91 Å². The van der Waals surface area contributed by atoms with Gasteiger partial charge in [-0.05, 0) is 24.6 Å². The number of nitrogens with two attached hydrogens (primary N) is 1. The highest BCUT2D eigenvalue weighted by molar-refractivity contribution is 5.82. The number of pyridine rings is 1. The van der Waals surface area contributed by atoms with Gasteiger partial charge in [0.25, 0.3) is 0 Å². The van der Waals surface area contributed by atoms with Crippen LogP contribution in [0.25, 0.3) is 0 Å². The fraction of sp³-hybridized carbons (Fsp3) is 0.500. The Morgan fingerprint density at radius 2 is 2.24 bits per heavy atom. The molecule has 0 aliphatic carbocycles. The van der Waals surface area contributed by atoms with Crippen molar-refractivity contribution in [3.8, 4) is 0 Å². The van der Waals surface area contributed by atoms with Crippen molar-refractivity contribution in [2.45, 2.75) is 13.0 Å². The molecule has 1 aliphatic heterocycles. The molecule has 1 atom stereocenters. The maximum atomic E-state index is 11.6. The summed E-state index contributed by atoms with van der Waals surface area (Å²) in [6, 6.07) is 3.86. The maximum Gasteiger partial charge on any atom is 0.241 e. The Morgan fingerprint density at radius 1 is 1.47 bits per heavy atom. The lowest BCUT2D eigenvalue weighted by Gasteiger charge is -2.32. The van der Waals surface area contributed by atoms with E-state index in [4.69, 9.17) is 5.73 Å². The fourth-order valence-corrected chi connectivity index (χ4v) is 1.84. The summed E-state index contributed by atoms with van der Waals surface area (Å²) in [6.07, 6.45) is 1.75. The molecule has 5 heteroatoms. The van der Waals surface area contributed by atoms with Gasteiger partial charge in [-0.2, -0.15) is 0 Å². The molecule has 17 heavy (non-hydrogen) atoms. The third-order valence-electron chi connectivity index (χ3n) is 3.08. The number of hydrogen-bond acceptors (Lipinski definition) is 4. The molecule has 0 spiro atoms. The molecule has 2 heterocycles. The van der Waals surface area contributed by atoms with Crippen LogP contribution in [-0.4, -0.2) is 42.5 Å². The van der Waals surface area contributed by atoms with Crippen molar-refractivity contribution in [3.05, 3.63) is 23.9 Å². The number of likely N-dealkylation sites (N-methyl/N-ethyl adjacent to an activating group) is 1. The quantitative estimate of drug-likeness (QED) is 0.803. The van der Waals surface area contributed by atoms with Crippen LogP contribution in [-0.2, 0) is 4.79 Å². The van der Waals surface area contributed by atoms with Crippen LogP contribution in [0.1, 0.15) is 18.5 Å². The van der Waals surface area contributed by atoms with E-state index >= 15 is 0 Å². The molecule has 92 valence electrons. The van der Waals surface area contributed by atoms with Crippen LogP contribution in [0.2, 0.25) is 0 Å². The lowest BCUT2D eigenvalue weighted by atomic mass is 10.1. The Balaban J connectivity index is 2.17. The van der Waals surface area contributed by atoms with Gasteiger partial charge in [0, 0.05) is 32.4 Å². The first-order valence-corrected chi connectivity index (χ1v) is 5.78. The van der Waals surface area contributed by atoms with Gasteiger partial charge in [-0.15, -0.1) is 0 Å². The topological polar surface area (TPSA) is 62.5 Å². The molecule has 0 radical (unpaired) electrons. The average molecular weight is 234 g/mol. The second kappa shape index (κ2) is 4.71. The molecule has 1 aromatic rings. The van der Waals surface area contributed by atoms with Gasteiger partial charge in [-0.1, -0.05) is 0 Å². The van der Waals surface area contributed by atoms with Crippen molar-refractivity contribution >= 4 is 11.7 Å². The molecule has 1 amide bonds. The molecule has 0 saturated carbocycles. The van der Waals surface area contributed by atoms with E-state index in [1.165, 1.54) is 0 Å². The van der Waals surface area contributed by atoms with Crippen LogP contribution < -0.4 is 10.6 Å². The summed E-state index contributed by atoms with van der Waals surface area (Å²) >= 11 is 0. The van der Waals surface area contributed by atoms with Gasteiger partial charge < -0.3 is 15.5 Å². The van der Waals surface area contributed by atoms with Crippen molar-refractivity contribution in [2.75, 3.05) is 31.6 Å². The zero-order valence-corrected chi connectivity index (χ0v) is 10.3. The van der Waals surface area contributed by atoms with E-state index in [2.05, 4.69) is 4.98 Å². The summed E-state index contributed by atoms with van der Waals surface area (Å²) in [7, 11) is 1.82. The number of carbonyl (C=O) groups is 1. The highest BCUT2D eigenvalue weighted by Crippen LogP contribution is 2.18. The predicted molar refractivity (Wildman–Crippen MR) is 66.7 cm³/mol. The van der Waals surface area contributed by atoms with Crippen molar-refractivity contribution in [1.29, 1.82) is 0 Å². The zero-order chi connectivity index (χ0) is 12.4. The van der Waals surface area contributed by atoms with Gasteiger partial charge in [-0.3, -0.25) is 4.79 Å². The second-order valence-corrected chi connectivity index (χ2v) is 4.47. The molecule has 0 unspecified atom stereocenters. The number of hydrogen-bond donors (Lipinski definition) is 1. The molecule has 2 rings (SSSR count). The Hall–Kier alpha value is -1.62. The third kappa shape index (κ3) is 2.55. The number of carbonyl (C=O) groups excluding carboxylic acids is 1. The summed E-state index contributed by atoms with van der Waals surface area (Å²) < 4.78 is 0.